The summed E-state index contributed by atoms with van der Waals surface area (Å²) in [5, 5.41) is 0. The monoisotopic (exact) mass is 227 g/mol. The molecule has 1 rings (SSSR count). The largest absolute Gasteiger partial charge is 0.469 e. The van der Waals surface area contributed by atoms with Crippen molar-refractivity contribution in [1.29, 1.82) is 0 Å². The molecule has 0 saturated carbocycles. The number of carbonyl (C=O) groups is 3. The molecule has 16 heavy (non-hydrogen) atoms. The first-order valence-corrected chi connectivity index (χ1v) is 5.45. The van der Waals surface area contributed by atoms with E-state index in [1.54, 1.807) is 4.90 Å². The maximum absolute atomic E-state index is 11.6. The summed E-state index contributed by atoms with van der Waals surface area (Å²) < 4.78 is 4.42. The predicted molar refractivity (Wildman–Crippen MR) is 56.6 cm³/mol. The Labute approximate surface area is 94.7 Å². The SMILES string of the molecule is CCCN1C[C@@H](C(=O)CC(=O)OC)CC1=O. The lowest BCUT2D eigenvalue weighted by Gasteiger charge is -2.14. The number of likely N-dealkylation sites (tertiary alicyclic amines) is 1. The highest BCUT2D eigenvalue weighted by atomic mass is 16.5. The van der Waals surface area contributed by atoms with Crippen LogP contribution in [0, 0.1) is 5.92 Å². The van der Waals surface area contributed by atoms with Crippen LogP contribution in [0.3, 0.4) is 0 Å². The van der Waals surface area contributed by atoms with Crippen LogP contribution in [0.5, 0.6) is 0 Å². The quantitative estimate of drug-likeness (QED) is 0.503. The van der Waals surface area contributed by atoms with E-state index in [-0.39, 0.29) is 30.4 Å². The van der Waals surface area contributed by atoms with Crippen LogP contribution in [-0.4, -0.2) is 42.8 Å². The normalized spacial score (nSPS) is 20.0. The van der Waals surface area contributed by atoms with Crippen molar-refractivity contribution in [2.75, 3.05) is 20.2 Å². The molecule has 0 aromatic heterocycles. The lowest BCUT2D eigenvalue weighted by molar-refractivity contribution is -0.144. The first-order chi connectivity index (χ1) is 7.58. The van der Waals surface area contributed by atoms with Crippen LogP contribution < -0.4 is 0 Å². The topological polar surface area (TPSA) is 63.7 Å². The van der Waals surface area contributed by atoms with E-state index in [1.807, 2.05) is 6.92 Å². The maximum atomic E-state index is 11.6. The van der Waals surface area contributed by atoms with Crippen molar-refractivity contribution in [3.8, 4) is 0 Å². The van der Waals surface area contributed by atoms with Gasteiger partial charge in [0.05, 0.1) is 7.11 Å². The number of Topliss-reactive ketones (excluding diaryl/α,β-unsaturated/α-hetero) is 1. The Morgan fingerprint density at radius 2 is 2.19 bits per heavy atom. The smallest absolute Gasteiger partial charge is 0.313 e. The molecule has 5 nitrogen and oxygen atoms in total. The highest BCUT2D eigenvalue weighted by Crippen LogP contribution is 2.20. The van der Waals surface area contributed by atoms with E-state index >= 15 is 0 Å². The van der Waals surface area contributed by atoms with E-state index in [0.29, 0.717) is 13.1 Å². The Hall–Kier alpha value is -1.39. The summed E-state index contributed by atoms with van der Waals surface area (Å²) in [5.74, 6) is -1.06. The Morgan fingerprint density at radius 1 is 1.50 bits per heavy atom. The minimum Gasteiger partial charge on any atom is -0.469 e. The fraction of sp³-hybridized carbons (Fsp3) is 0.727. The minimum atomic E-state index is -0.536. The molecule has 1 fully saturated rings. The fourth-order valence-electron chi connectivity index (χ4n) is 1.83. The number of ketones is 1. The molecule has 1 saturated heterocycles. The van der Waals surface area contributed by atoms with Crippen molar-refractivity contribution in [2.45, 2.75) is 26.2 Å². The van der Waals surface area contributed by atoms with Gasteiger partial charge in [-0.15, -0.1) is 0 Å². The van der Waals surface area contributed by atoms with E-state index in [2.05, 4.69) is 4.74 Å². The molecule has 0 aliphatic carbocycles. The third-order valence-electron chi connectivity index (χ3n) is 2.71. The van der Waals surface area contributed by atoms with E-state index in [4.69, 9.17) is 0 Å². The minimum absolute atomic E-state index is 0.00469. The van der Waals surface area contributed by atoms with Gasteiger partial charge in [0.2, 0.25) is 5.91 Å². The van der Waals surface area contributed by atoms with Crippen molar-refractivity contribution in [2.24, 2.45) is 5.92 Å². The predicted octanol–water partition coefficient (Wildman–Crippen LogP) is 0.377. The number of carbonyl (C=O) groups excluding carboxylic acids is 3. The van der Waals surface area contributed by atoms with Crippen LogP contribution in [-0.2, 0) is 19.1 Å². The average Bonchev–Trinajstić information content (AvgIpc) is 2.61. The number of hydrogen-bond donors (Lipinski definition) is 0. The van der Waals surface area contributed by atoms with Gasteiger partial charge in [0, 0.05) is 25.4 Å². The lowest BCUT2D eigenvalue weighted by Crippen LogP contribution is -2.27. The summed E-state index contributed by atoms with van der Waals surface area (Å²) in [7, 11) is 1.25. The van der Waals surface area contributed by atoms with Gasteiger partial charge in [-0.3, -0.25) is 14.4 Å². The Kier molecular flexibility index (Phi) is 4.46. The van der Waals surface area contributed by atoms with Crippen LogP contribution in [0.1, 0.15) is 26.2 Å². The van der Waals surface area contributed by atoms with Crippen LogP contribution in [0.2, 0.25) is 0 Å². The molecule has 0 radical (unpaired) electrons. The molecule has 1 amide bonds. The summed E-state index contributed by atoms with van der Waals surface area (Å²) in [5.41, 5.74) is 0. The number of nitrogens with zero attached hydrogens (tertiary/aromatic N) is 1. The highest BCUT2D eigenvalue weighted by molar-refractivity contribution is 5.99. The summed E-state index contributed by atoms with van der Waals surface area (Å²) >= 11 is 0. The number of amides is 1. The van der Waals surface area contributed by atoms with E-state index < -0.39 is 5.97 Å². The molecule has 0 N–H and O–H groups in total. The van der Waals surface area contributed by atoms with Crippen molar-refractivity contribution < 1.29 is 19.1 Å². The summed E-state index contributed by atoms with van der Waals surface area (Å²) in [6.45, 7) is 3.11. The third kappa shape index (κ3) is 3.05. The maximum Gasteiger partial charge on any atom is 0.313 e. The summed E-state index contributed by atoms with van der Waals surface area (Å²) in [4.78, 5) is 35.7. The van der Waals surface area contributed by atoms with E-state index in [1.165, 1.54) is 7.11 Å². The van der Waals surface area contributed by atoms with Crippen molar-refractivity contribution in [3.63, 3.8) is 0 Å². The van der Waals surface area contributed by atoms with Gasteiger partial charge in [0.15, 0.2) is 0 Å². The molecule has 5 heteroatoms. The van der Waals surface area contributed by atoms with Gasteiger partial charge < -0.3 is 9.64 Å². The second-order valence-electron chi connectivity index (χ2n) is 3.96. The molecule has 1 atom stereocenters. The molecule has 0 spiro atoms. The van der Waals surface area contributed by atoms with Gasteiger partial charge in [-0.2, -0.15) is 0 Å². The standard InChI is InChI=1S/C11H17NO4/c1-3-4-12-7-8(5-10(12)14)9(13)6-11(15)16-2/h8H,3-7H2,1-2H3/t8-/m0/s1. The molecule has 1 heterocycles. The van der Waals surface area contributed by atoms with Crippen LogP contribution >= 0.6 is 0 Å². The Bertz CT molecular complexity index is 300. The first-order valence-electron chi connectivity index (χ1n) is 5.45. The Morgan fingerprint density at radius 3 is 2.75 bits per heavy atom. The number of methoxy groups -OCH3 is 1. The van der Waals surface area contributed by atoms with E-state index in [9.17, 15) is 14.4 Å². The van der Waals surface area contributed by atoms with Gasteiger partial charge in [-0.05, 0) is 6.42 Å². The zero-order valence-corrected chi connectivity index (χ0v) is 9.69. The highest BCUT2D eigenvalue weighted by Gasteiger charge is 2.34. The molecular formula is C11H17NO4. The first kappa shape index (κ1) is 12.7. The van der Waals surface area contributed by atoms with Gasteiger partial charge >= 0.3 is 5.97 Å². The van der Waals surface area contributed by atoms with Gasteiger partial charge in [-0.1, -0.05) is 6.92 Å². The number of rotatable bonds is 5. The number of hydrogen-bond acceptors (Lipinski definition) is 4. The van der Waals surface area contributed by atoms with Crippen molar-refractivity contribution in [1.82, 2.24) is 4.90 Å². The fourth-order valence-corrected chi connectivity index (χ4v) is 1.83. The molecule has 90 valence electrons. The molecular weight excluding hydrogens is 210 g/mol. The number of ether oxygens (including phenoxy) is 1. The summed E-state index contributed by atoms with van der Waals surface area (Å²) in [6.07, 6.45) is 0.883. The van der Waals surface area contributed by atoms with Crippen LogP contribution in [0.25, 0.3) is 0 Å². The molecule has 0 aromatic carbocycles. The average molecular weight is 227 g/mol. The Balaban J connectivity index is 2.48. The van der Waals surface area contributed by atoms with Gasteiger partial charge in [0.25, 0.3) is 0 Å². The van der Waals surface area contributed by atoms with E-state index in [0.717, 1.165) is 6.42 Å². The zero-order chi connectivity index (χ0) is 12.1. The zero-order valence-electron chi connectivity index (χ0n) is 9.69. The molecule has 1 aliphatic rings. The van der Waals surface area contributed by atoms with Crippen LogP contribution in [0.4, 0.5) is 0 Å². The molecule has 0 unspecified atom stereocenters. The van der Waals surface area contributed by atoms with Crippen molar-refractivity contribution in [3.05, 3.63) is 0 Å². The number of esters is 1. The molecule has 0 aromatic rings. The second-order valence-corrected chi connectivity index (χ2v) is 3.96. The molecule has 0 bridgehead atoms. The van der Waals surface area contributed by atoms with Crippen LogP contribution in [0.15, 0.2) is 0 Å². The summed E-state index contributed by atoms with van der Waals surface area (Å²) in [6, 6.07) is 0. The van der Waals surface area contributed by atoms with Gasteiger partial charge in [-0.25, -0.2) is 0 Å². The lowest BCUT2D eigenvalue weighted by atomic mass is 10.0. The second kappa shape index (κ2) is 5.63. The van der Waals surface area contributed by atoms with Crippen molar-refractivity contribution >= 4 is 17.7 Å². The van der Waals surface area contributed by atoms with Gasteiger partial charge in [0.1, 0.15) is 12.2 Å². The third-order valence-corrected chi connectivity index (χ3v) is 2.71. The molecule has 1 aliphatic heterocycles.